The Labute approximate surface area is 113 Å². The maximum absolute atomic E-state index is 6.14. The summed E-state index contributed by atoms with van der Waals surface area (Å²) in [7, 11) is 0. The van der Waals surface area contributed by atoms with Crippen LogP contribution < -0.4 is 5.32 Å². The Balaban J connectivity index is 2.10. The fourth-order valence-corrected chi connectivity index (χ4v) is 2.54. The molecule has 0 saturated carbocycles. The molecule has 100 valence electrons. The van der Waals surface area contributed by atoms with Crippen molar-refractivity contribution in [3.63, 3.8) is 0 Å². The molecule has 1 aliphatic rings. The van der Waals surface area contributed by atoms with Crippen LogP contribution in [0.25, 0.3) is 0 Å². The Morgan fingerprint density at radius 2 is 2.33 bits per heavy atom. The molecule has 2 atom stereocenters. The van der Waals surface area contributed by atoms with E-state index in [1.807, 2.05) is 0 Å². The molecule has 18 heavy (non-hydrogen) atoms. The first-order valence-corrected chi connectivity index (χ1v) is 6.96. The Hall–Kier alpha value is -0.870. The van der Waals surface area contributed by atoms with Crippen molar-refractivity contribution in [1.29, 1.82) is 0 Å². The van der Waals surface area contributed by atoms with Gasteiger partial charge in [-0.15, -0.1) is 0 Å². The van der Waals surface area contributed by atoms with E-state index in [4.69, 9.17) is 16.3 Å². The normalized spacial score (nSPS) is 23.9. The van der Waals surface area contributed by atoms with Gasteiger partial charge in [0.1, 0.15) is 17.3 Å². The Bertz CT molecular complexity index is 400. The second-order valence-corrected chi connectivity index (χ2v) is 5.15. The van der Waals surface area contributed by atoms with E-state index in [2.05, 4.69) is 29.1 Å². The number of halogens is 1. The van der Waals surface area contributed by atoms with Crippen molar-refractivity contribution in [1.82, 2.24) is 9.97 Å². The van der Waals surface area contributed by atoms with E-state index in [0.717, 1.165) is 43.7 Å². The van der Waals surface area contributed by atoms with E-state index in [9.17, 15) is 0 Å². The summed E-state index contributed by atoms with van der Waals surface area (Å²) in [5.74, 6) is 0.885. The SMILES string of the molecule is CCCc1c(Cl)ncnc1NC1CCOC(C)C1. The van der Waals surface area contributed by atoms with Crippen molar-refractivity contribution in [2.45, 2.75) is 51.7 Å². The first-order valence-electron chi connectivity index (χ1n) is 6.58. The minimum absolute atomic E-state index is 0.309. The molecule has 2 unspecified atom stereocenters. The van der Waals surface area contributed by atoms with Gasteiger partial charge >= 0.3 is 0 Å². The third kappa shape index (κ3) is 3.33. The third-order valence-electron chi connectivity index (χ3n) is 3.22. The summed E-state index contributed by atoms with van der Waals surface area (Å²) >= 11 is 6.14. The highest BCUT2D eigenvalue weighted by Crippen LogP contribution is 2.24. The second kappa shape index (κ2) is 6.34. The number of anilines is 1. The Kier molecular flexibility index (Phi) is 4.78. The fourth-order valence-electron chi connectivity index (χ4n) is 2.31. The van der Waals surface area contributed by atoms with Crippen LogP contribution in [0.5, 0.6) is 0 Å². The minimum atomic E-state index is 0.309. The highest BCUT2D eigenvalue weighted by Gasteiger charge is 2.21. The molecule has 0 spiro atoms. The lowest BCUT2D eigenvalue weighted by molar-refractivity contribution is 0.0231. The lowest BCUT2D eigenvalue weighted by Crippen LogP contribution is -2.33. The van der Waals surface area contributed by atoms with Crippen LogP contribution in [0.4, 0.5) is 5.82 Å². The van der Waals surface area contributed by atoms with Gasteiger partial charge in [-0.05, 0) is 26.2 Å². The van der Waals surface area contributed by atoms with Crippen LogP contribution in [0.1, 0.15) is 38.7 Å². The largest absolute Gasteiger partial charge is 0.378 e. The topological polar surface area (TPSA) is 47.0 Å². The molecule has 4 nitrogen and oxygen atoms in total. The summed E-state index contributed by atoms with van der Waals surface area (Å²) in [6.07, 6.45) is 5.78. The maximum Gasteiger partial charge on any atom is 0.137 e. The molecular formula is C13H20ClN3O. The molecule has 1 saturated heterocycles. The fraction of sp³-hybridized carbons (Fsp3) is 0.692. The van der Waals surface area contributed by atoms with Gasteiger partial charge in [-0.25, -0.2) is 9.97 Å². The molecule has 0 aromatic carbocycles. The molecule has 5 heteroatoms. The lowest BCUT2D eigenvalue weighted by atomic mass is 10.0. The average Bonchev–Trinajstić information content (AvgIpc) is 2.34. The van der Waals surface area contributed by atoms with Crippen molar-refractivity contribution < 1.29 is 4.74 Å². The van der Waals surface area contributed by atoms with Crippen LogP contribution in [0.2, 0.25) is 5.15 Å². The lowest BCUT2D eigenvalue weighted by Gasteiger charge is -2.29. The summed E-state index contributed by atoms with van der Waals surface area (Å²) in [6.45, 7) is 5.04. The van der Waals surface area contributed by atoms with Gasteiger partial charge < -0.3 is 10.1 Å². The molecule has 0 bridgehead atoms. The van der Waals surface area contributed by atoms with E-state index in [-0.39, 0.29) is 0 Å². The number of nitrogens with one attached hydrogen (secondary N) is 1. The molecule has 1 aromatic heterocycles. The first-order chi connectivity index (χ1) is 8.70. The van der Waals surface area contributed by atoms with E-state index in [0.29, 0.717) is 17.3 Å². The van der Waals surface area contributed by atoms with Gasteiger partial charge in [-0.3, -0.25) is 0 Å². The summed E-state index contributed by atoms with van der Waals surface area (Å²) in [6, 6.07) is 0.412. The first kappa shape index (κ1) is 13.6. The number of rotatable bonds is 4. The number of hydrogen-bond donors (Lipinski definition) is 1. The second-order valence-electron chi connectivity index (χ2n) is 4.79. The van der Waals surface area contributed by atoms with Gasteiger partial charge in [0.05, 0.1) is 6.10 Å². The van der Waals surface area contributed by atoms with Crippen LogP contribution in [-0.2, 0) is 11.2 Å². The van der Waals surface area contributed by atoms with Crippen molar-refractivity contribution >= 4 is 17.4 Å². The van der Waals surface area contributed by atoms with Crippen LogP contribution in [0.3, 0.4) is 0 Å². The van der Waals surface area contributed by atoms with Gasteiger partial charge in [0.15, 0.2) is 0 Å². The quantitative estimate of drug-likeness (QED) is 0.854. The smallest absolute Gasteiger partial charge is 0.137 e. The highest BCUT2D eigenvalue weighted by atomic mass is 35.5. The average molecular weight is 270 g/mol. The predicted molar refractivity (Wildman–Crippen MR) is 73.1 cm³/mol. The molecule has 1 fully saturated rings. The van der Waals surface area contributed by atoms with E-state index >= 15 is 0 Å². The van der Waals surface area contributed by atoms with Crippen molar-refractivity contribution in [2.75, 3.05) is 11.9 Å². The zero-order valence-corrected chi connectivity index (χ0v) is 11.7. The van der Waals surface area contributed by atoms with E-state index in [1.54, 1.807) is 0 Å². The third-order valence-corrected chi connectivity index (χ3v) is 3.54. The van der Waals surface area contributed by atoms with Gasteiger partial charge in [-0.1, -0.05) is 24.9 Å². The van der Waals surface area contributed by atoms with Crippen LogP contribution >= 0.6 is 11.6 Å². The molecular weight excluding hydrogens is 250 g/mol. The zero-order chi connectivity index (χ0) is 13.0. The summed E-state index contributed by atoms with van der Waals surface area (Å²) in [5, 5.41) is 4.05. The monoisotopic (exact) mass is 269 g/mol. The van der Waals surface area contributed by atoms with Gasteiger partial charge in [0, 0.05) is 18.2 Å². The highest BCUT2D eigenvalue weighted by molar-refractivity contribution is 6.30. The summed E-state index contributed by atoms with van der Waals surface area (Å²) < 4.78 is 5.55. The molecule has 1 aliphatic heterocycles. The van der Waals surface area contributed by atoms with Crippen molar-refractivity contribution in [3.05, 3.63) is 17.0 Å². The minimum Gasteiger partial charge on any atom is -0.378 e. The molecule has 0 amide bonds. The van der Waals surface area contributed by atoms with E-state index in [1.165, 1.54) is 6.33 Å². The van der Waals surface area contributed by atoms with Gasteiger partial charge in [0.25, 0.3) is 0 Å². The van der Waals surface area contributed by atoms with Gasteiger partial charge in [-0.2, -0.15) is 0 Å². The molecule has 0 radical (unpaired) electrons. The van der Waals surface area contributed by atoms with Crippen LogP contribution in [-0.4, -0.2) is 28.7 Å². The van der Waals surface area contributed by atoms with Gasteiger partial charge in [0.2, 0.25) is 0 Å². The number of nitrogens with zero attached hydrogens (tertiary/aromatic N) is 2. The Morgan fingerprint density at radius 3 is 3.06 bits per heavy atom. The summed E-state index contributed by atoms with van der Waals surface area (Å²) in [4.78, 5) is 8.39. The van der Waals surface area contributed by atoms with E-state index < -0.39 is 0 Å². The molecule has 2 rings (SSSR count). The standard InChI is InChI=1S/C13H20ClN3O/c1-3-4-11-12(14)15-8-16-13(11)17-10-5-6-18-9(2)7-10/h8-10H,3-7H2,1-2H3,(H,15,16,17). The zero-order valence-electron chi connectivity index (χ0n) is 10.9. The number of hydrogen-bond acceptors (Lipinski definition) is 4. The number of aromatic nitrogens is 2. The maximum atomic E-state index is 6.14. The molecule has 1 aromatic rings. The Morgan fingerprint density at radius 1 is 1.50 bits per heavy atom. The van der Waals surface area contributed by atoms with Crippen LogP contribution in [0.15, 0.2) is 6.33 Å². The van der Waals surface area contributed by atoms with Crippen LogP contribution in [0, 0.1) is 0 Å². The molecule has 2 heterocycles. The van der Waals surface area contributed by atoms with Crippen molar-refractivity contribution in [2.24, 2.45) is 0 Å². The number of ether oxygens (including phenoxy) is 1. The molecule has 0 aliphatic carbocycles. The summed E-state index contributed by atoms with van der Waals surface area (Å²) in [5.41, 5.74) is 1.03. The molecule has 1 N–H and O–H groups in total. The predicted octanol–water partition coefficient (Wildman–Crippen LogP) is 3.06. The van der Waals surface area contributed by atoms with Crippen molar-refractivity contribution in [3.8, 4) is 0 Å².